The van der Waals surface area contributed by atoms with E-state index in [4.69, 9.17) is 0 Å². The molecule has 1 amide bonds. The maximum Gasteiger partial charge on any atom is 0.331 e. The molecule has 0 aliphatic carbocycles. The van der Waals surface area contributed by atoms with Crippen molar-refractivity contribution in [3.8, 4) is 0 Å². The smallest absolute Gasteiger partial charge is 0.331 e. The lowest BCUT2D eigenvalue weighted by Gasteiger charge is -2.17. The van der Waals surface area contributed by atoms with Crippen molar-refractivity contribution < 1.29 is 14.3 Å². The number of anilines is 1. The number of esters is 1. The Kier molecular flexibility index (Phi) is 5.15. The average molecular weight is 353 g/mol. The van der Waals surface area contributed by atoms with E-state index in [1.54, 1.807) is 0 Å². The van der Waals surface area contributed by atoms with Gasteiger partial charge in [0.15, 0.2) is 5.17 Å². The number of nitrogens with zero attached hydrogens (tertiary/aromatic N) is 2. The molecule has 0 unspecified atom stereocenters. The maximum absolute atomic E-state index is 12.6. The van der Waals surface area contributed by atoms with Crippen molar-refractivity contribution in [1.82, 2.24) is 5.01 Å². The first-order valence-corrected chi connectivity index (χ1v) is 8.26. The number of ether oxygens (including phenoxy) is 1. The monoisotopic (exact) mass is 353 g/mol. The number of hydrogen-bond donors (Lipinski definition) is 1. The van der Waals surface area contributed by atoms with Crippen molar-refractivity contribution in [3.05, 3.63) is 71.6 Å². The van der Waals surface area contributed by atoms with E-state index < -0.39 is 5.97 Å². The largest absolute Gasteiger partial charge is 0.466 e. The molecule has 0 bridgehead atoms. The van der Waals surface area contributed by atoms with E-state index in [1.165, 1.54) is 18.2 Å². The highest BCUT2D eigenvalue weighted by Gasteiger charge is 2.34. The molecule has 2 aromatic rings. The van der Waals surface area contributed by atoms with Crippen LogP contribution in [-0.4, -0.2) is 29.2 Å². The van der Waals surface area contributed by atoms with Crippen molar-refractivity contribution in [1.29, 1.82) is 0 Å². The second-order valence-corrected chi connectivity index (χ2v) is 5.99. The van der Waals surface area contributed by atoms with Gasteiger partial charge in [0, 0.05) is 6.08 Å². The van der Waals surface area contributed by atoms with Crippen molar-refractivity contribution in [3.63, 3.8) is 0 Å². The van der Waals surface area contributed by atoms with Gasteiger partial charge in [0.05, 0.1) is 23.4 Å². The van der Waals surface area contributed by atoms with Crippen molar-refractivity contribution in [2.24, 2.45) is 4.99 Å². The van der Waals surface area contributed by atoms with Gasteiger partial charge in [0.2, 0.25) is 0 Å². The molecule has 0 spiro atoms. The zero-order chi connectivity index (χ0) is 17.6. The van der Waals surface area contributed by atoms with Crippen LogP contribution in [0.25, 0.3) is 0 Å². The van der Waals surface area contributed by atoms with Crippen LogP contribution in [0.4, 0.5) is 11.4 Å². The Morgan fingerprint density at radius 1 is 1.12 bits per heavy atom. The van der Waals surface area contributed by atoms with Crippen LogP contribution in [0.15, 0.2) is 76.6 Å². The van der Waals surface area contributed by atoms with Crippen molar-refractivity contribution in [2.45, 2.75) is 0 Å². The molecular formula is C18H15N3O3S. The van der Waals surface area contributed by atoms with Crippen LogP contribution in [0, 0.1) is 0 Å². The third kappa shape index (κ3) is 4.07. The Bertz CT molecular complexity index is 835. The Morgan fingerprint density at radius 3 is 2.40 bits per heavy atom. The molecule has 1 saturated heterocycles. The number of hydrazine groups is 1. The zero-order valence-corrected chi connectivity index (χ0v) is 14.2. The number of rotatable bonds is 4. The lowest BCUT2D eigenvalue weighted by molar-refractivity contribution is -0.135. The molecule has 3 rings (SSSR count). The summed E-state index contributed by atoms with van der Waals surface area (Å²) in [5.74, 6) is -0.953. The lowest BCUT2D eigenvalue weighted by Crippen LogP contribution is -2.34. The molecule has 1 aliphatic heterocycles. The summed E-state index contributed by atoms with van der Waals surface area (Å²) in [6.07, 6.45) is 1.17. The van der Waals surface area contributed by atoms with E-state index >= 15 is 0 Å². The van der Waals surface area contributed by atoms with Gasteiger partial charge in [-0.3, -0.25) is 10.2 Å². The minimum absolute atomic E-state index is 0.241. The first kappa shape index (κ1) is 16.8. The molecule has 0 radical (unpaired) electrons. The Hall–Kier alpha value is -3.06. The minimum atomic E-state index is -0.587. The highest BCUT2D eigenvalue weighted by molar-refractivity contribution is 8.18. The molecule has 1 aliphatic rings. The molecule has 7 heteroatoms. The fourth-order valence-electron chi connectivity index (χ4n) is 2.07. The van der Waals surface area contributed by atoms with Gasteiger partial charge in [-0.1, -0.05) is 36.4 Å². The van der Waals surface area contributed by atoms with Crippen LogP contribution in [0.1, 0.15) is 0 Å². The van der Waals surface area contributed by atoms with Gasteiger partial charge in [0.1, 0.15) is 0 Å². The minimum Gasteiger partial charge on any atom is -0.466 e. The predicted octanol–water partition coefficient (Wildman–Crippen LogP) is 3.33. The summed E-state index contributed by atoms with van der Waals surface area (Å²) in [5.41, 5.74) is 4.46. The number of nitrogens with one attached hydrogen (secondary N) is 1. The number of carbonyl (C=O) groups is 2. The summed E-state index contributed by atoms with van der Waals surface area (Å²) in [6.45, 7) is 0. The van der Waals surface area contributed by atoms with E-state index in [0.717, 1.165) is 17.4 Å². The summed E-state index contributed by atoms with van der Waals surface area (Å²) >= 11 is 1.11. The van der Waals surface area contributed by atoms with E-state index in [2.05, 4.69) is 15.2 Å². The number of carbonyl (C=O) groups excluding carboxylic acids is 2. The van der Waals surface area contributed by atoms with Crippen LogP contribution in [0.3, 0.4) is 0 Å². The summed E-state index contributed by atoms with van der Waals surface area (Å²) in [5, 5.41) is 1.75. The molecule has 0 atom stereocenters. The van der Waals surface area contributed by atoms with Gasteiger partial charge < -0.3 is 4.74 Å². The lowest BCUT2D eigenvalue weighted by atomic mass is 10.3. The fourth-order valence-corrected chi connectivity index (χ4v) is 2.97. The van der Waals surface area contributed by atoms with E-state index in [9.17, 15) is 9.59 Å². The third-order valence-electron chi connectivity index (χ3n) is 3.25. The molecule has 0 aromatic heterocycles. The molecular weight excluding hydrogens is 338 g/mol. The van der Waals surface area contributed by atoms with Crippen molar-refractivity contribution >= 4 is 40.2 Å². The normalized spacial score (nSPS) is 17.2. The van der Waals surface area contributed by atoms with E-state index in [1.807, 2.05) is 60.7 Å². The second-order valence-electron chi connectivity index (χ2n) is 4.98. The Morgan fingerprint density at radius 2 is 1.76 bits per heavy atom. The fraction of sp³-hybridized carbons (Fsp3) is 0.0556. The van der Waals surface area contributed by atoms with Gasteiger partial charge in [-0.15, -0.1) is 0 Å². The average Bonchev–Trinajstić information content (AvgIpc) is 2.92. The second kappa shape index (κ2) is 7.67. The van der Waals surface area contributed by atoms with Crippen LogP contribution >= 0.6 is 11.8 Å². The standard InChI is InChI=1S/C18H15N3O3S/c1-24-16(22)12-15-17(23)21(20-14-10-6-3-7-11-14)18(25-15)19-13-8-4-2-5-9-13/h2-12,20H,1H3/b15-12-,19-18?. The Labute approximate surface area is 149 Å². The quantitative estimate of drug-likeness (QED) is 0.674. The van der Waals surface area contributed by atoms with Crippen LogP contribution < -0.4 is 5.43 Å². The SMILES string of the molecule is COC(=O)/C=C1\SC(=Nc2ccccc2)N(Nc2ccccc2)C1=O. The van der Waals surface area contributed by atoms with Gasteiger partial charge in [0.25, 0.3) is 5.91 Å². The van der Waals surface area contributed by atoms with Crippen LogP contribution in [0.5, 0.6) is 0 Å². The molecule has 1 N–H and O–H groups in total. The highest BCUT2D eigenvalue weighted by Crippen LogP contribution is 2.33. The predicted molar refractivity (Wildman–Crippen MR) is 98.1 cm³/mol. The van der Waals surface area contributed by atoms with Crippen molar-refractivity contribution in [2.75, 3.05) is 12.5 Å². The number of methoxy groups -OCH3 is 1. The summed E-state index contributed by atoms with van der Waals surface area (Å²) in [6, 6.07) is 18.5. The molecule has 126 valence electrons. The summed E-state index contributed by atoms with van der Waals surface area (Å²) < 4.78 is 4.61. The number of aliphatic imine (C=N–C) groups is 1. The molecule has 6 nitrogen and oxygen atoms in total. The Balaban J connectivity index is 1.94. The third-order valence-corrected chi connectivity index (χ3v) is 4.22. The molecule has 25 heavy (non-hydrogen) atoms. The molecule has 2 aromatic carbocycles. The number of benzene rings is 2. The number of amides is 1. The van der Waals surface area contributed by atoms with E-state index in [-0.39, 0.29) is 10.8 Å². The highest BCUT2D eigenvalue weighted by atomic mass is 32.2. The number of hydrogen-bond acceptors (Lipinski definition) is 6. The first-order chi connectivity index (χ1) is 12.2. The molecule has 1 fully saturated rings. The van der Waals surface area contributed by atoms with Gasteiger partial charge in [-0.05, 0) is 36.0 Å². The van der Waals surface area contributed by atoms with E-state index in [0.29, 0.717) is 10.9 Å². The number of amidine groups is 1. The first-order valence-electron chi connectivity index (χ1n) is 7.45. The van der Waals surface area contributed by atoms with Gasteiger partial charge in [-0.25, -0.2) is 9.79 Å². The van der Waals surface area contributed by atoms with Crippen LogP contribution in [0.2, 0.25) is 0 Å². The topological polar surface area (TPSA) is 71.0 Å². The summed E-state index contributed by atoms with van der Waals surface area (Å²) in [7, 11) is 1.27. The zero-order valence-electron chi connectivity index (χ0n) is 13.4. The van der Waals surface area contributed by atoms with Gasteiger partial charge >= 0.3 is 5.97 Å². The number of para-hydroxylation sites is 2. The number of thioether (sulfide) groups is 1. The van der Waals surface area contributed by atoms with Gasteiger partial charge in [-0.2, -0.15) is 5.01 Å². The summed E-state index contributed by atoms with van der Waals surface area (Å²) in [4.78, 5) is 28.9. The maximum atomic E-state index is 12.6. The van der Waals surface area contributed by atoms with Crippen LogP contribution in [-0.2, 0) is 14.3 Å². The molecule has 0 saturated carbocycles. The molecule has 1 heterocycles.